The van der Waals surface area contributed by atoms with E-state index >= 15 is 0 Å². The van der Waals surface area contributed by atoms with Crippen molar-refractivity contribution in [1.29, 1.82) is 0 Å². The molecule has 0 unspecified atom stereocenters. The van der Waals surface area contributed by atoms with Crippen LogP contribution in [0.2, 0.25) is 0 Å². The molecule has 1 aromatic carbocycles. The van der Waals surface area contributed by atoms with Crippen LogP contribution in [0.1, 0.15) is 56.4 Å². The Morgan fingerprint density at radius 2 is 1.71 bits per heavy atom. The molecule has 220 valence electrons. The van der Waals surface area contributed by atoms with Crippen molar-refractivity contribution >= 4 is 17.9 Å². The van der Waals surface area contributed by atoms with E-state index in [2.05, 4.69) is 35.8 Å². The van der Waals surface area contributed by atoms with Crippen molar-refractivity contribution in [2.45, 2.75) is 65.1 Å². The van der Waals surface area contributed by atoms with E-state index < -0.39 is 17.0 Å². The highest BCUT2D eigenvalue weighted by molar-refractivity contribution is 5.75. The minimum absolute atomic E-state index is 0.0325. The SMILES string of the molecule is CC(C)(C)C(=O)OCn1cc(C2CCN(c3nnc(-c4cnc(NC5Cc6cc(F)c(F)cc6C5)nc4)o3)CC2)nn1. The highest BCUT2D eigenvalue weighted by atomic mass is 19.2. The number of ether oxygens (including phenoxy) is 1. The lowest BCUT2D eigenvalue weighted by Crippen LogP contribution is -2.33. The molecule has 14 heteroatoms. The number of anilines is 2. The van der Waals surface area contributed by atoms with Gasteiger partial charge in [0, 0.05) is 37.4 Å². The predicted molar refractivity (Wildman–Crippen MR) is 146 cm³/mol. The number of nitrogens with one attached hydrogen (secondary N) is 1. The van der Waals surface area contributed by atoms with Gasteiger partial charge in [-0.25, -0.2) is 23.4 Å². The second-order valence-corrected chi connectivity index (χ2v) is 11.7. The van der Waals surface area contributed by atoms with Crippen molar-refractivity contribution in [3.8, 4) is 11.5 Å². The molecule has 3 aromatic heterocycles. The van der Waals surface area contributed by atoms with Crippen LogP contribution in [0.15, 0.2) is 35.1 Å². The minimum atomic E-state index is -0.833. The van der Waals surface area contributed by atoms with Crippen LogP contribution in [-0.2, 0) is 29.1 Å². The molecular weight excluding hydrogens is 548 g/mol. The second kappa shape index (κ2) is 11.1. The summed E-state index contributed by atoms with van der Waals surface area (Å²) in [5, 5.41) is 20.0. The van der Waals surface area contributed by atoms with Gasteiger partial charge in [0.05, 0.1) is 22.9 Å². The lowest BCUT2D eigenvalue weighted by atomic mass is 9.94. The lowest BCUT2D eigenvalue weighted by molar-refractivity contribution is -0.157. The quantitative estimate of drug-likeness (QED) is 0.319. The molecule has 1 N–H and O–H groups in total. The van der Waals surface area contributed by atoms with Gasteiger partial charge in [-0.15, -0.1) is 10.2 Å². The third-order valence-electron chi connectivity index (χ3n) is 7.50. The largest absolute Gasteiger partial charge is 0.442 e. The Morgan fingerprint density at radius 3 is 2.36 bits per heavy atom. The molecule has 0 atom stereocenters. The van der Waals surface area contributed by atoms with Crippen LogP contribution in [0.25, 0.3) is 11.5 Å². The van der Waals surface area contributed by atoms with Crippen LogP contribution in [0.5, 0.6) is 0 Å². The van der Waals surface area contributed by atoms with Crippen LogP contribution in [0.3, 0.4) is 0 Å². The molecule has 0 bridgehead atoms. The first-order valence-electron chi connectivity index (χ1n) is 13.8. The number of aromatic nitrogens is 7. The molecule has 2 aliphatic rings. The molecule has 0 saturated carbocycles. The zero-order valence-corrected chi connectivity index (χ0v) is 23.5. The maximum atomic E-state index is 13.6. The summed E-state index contributed by atoms with van der Waals surface area (Å²) >= 11 is 0. The topological polar surface area (TPSA) is 137 Å². The van der Waals surface area contributed by atoms with Gasteiger partial charge in [0.2, 0.25) is 5.95 Å². The van der Waals surface area contributed by atoms with Crippen molar-refractivity contribution in [2.24, 2.45) is 5.41 Å². The molecule has 4 heterocycles. The van der Waals surface area contributed by atoms with E-state index in [1.54, 1.807) is 33.2 Å². The Bertz CT molecular complexity index is 1540. The molecule has 0 radical (unpaired) electrons. The molecule has 0 amide bonds. The molecule has 4 aromatic rings. The summed E-state index contributed by atoms with van der Waals surface area (Å²) in [4.78, 5) is 22.8. The highest BCUT2D eigenvalue weighted by Crippen LogP contribution is 2.31. The maximum absolute atomic E-state index is 13.6. The van der Waals surface area contributed by atoms with Gasteiger partial charge in [-0.05, 0) is 69.7 Å². The monoisotopic (exact) mass is 579 g/mol. The first-order chi connectivity index (χ1) is 20.1. The van der Waals surface area contributed by atoms with Crippen molar-refractivity contribution in [2.75, 3.05) is 23.3 Å². The Labute approximate surface area is 240 Å². The average Bonchev–Trinajstić information content (AvgIpc) is 3.72. The summed E-state index contributed by atoms with van der Waals surface area (Å²) in [6.07, 6.45) is 7.80. The number of piperidine rings is 1. The smallest absolute Gasteiger partial charge is 0.318 e. The summed E-state index contributed by atoms with van der Waals surface area (Å²) in [7, 11) is 0. The normalized spacial score (nSPS) is 16.1. The van der Waals surface area contributed by atoms with Crippen LogP contribution >= 0.6 is 0 Å². The molecule has 12 nitrogen and oxygen atoms in total. The Balaban J connectivity index is 1.00. The van der Waals surface area contributed by atoms with Gasteiger partial charge in [-0.2, -0.15) is 0 Å². The predicted octanol–water partition coefficient (Wildman–Crippen LogP) is 3.91. The average molecular weight is 580 g/mol. The number of benzene rings is 1. The molecular formula is C28H31F2N9O3. The number of halogens is 2. The number of nitrogens with zero attached hydrogens (tertiary/aromatic N) is 8. The van der Waals surface area contributed by atoms with E-state index in [9.17, 15) is 13.6 Å². The standard InChI is InChI=1S/C28H31F2N9O3/c1-28(2,3)25(40)41-15-39-14-23(34-37-39)16-4-6-38(7-5-16)27-36-35-24(42-27)19-12-31-26(32-13-19)33-20-8-17-10-21(29)22(30)11-18(17)9-20/h10-14,16,20H,4-9,15H2,1-3H3,(H,31,32,33). The molecule has 42 heavy (non-hydrogen) atoms. The third-order valence-corrected chi connectivity index (χ3v) is 7.50. The maximum Gasteiger partial charge on any atom is 0.318 e. The van der Waals surface area contributed by atoms with E-state index in [0.29, 0.717) is 49.3 Å². The summed E-state index contributed by atoms with van der Waals surface area (Å²) in [6, 6.07) is 2.88. The Morgan fingerprint density at radius 1 is 1.05 bits per heavy atom. The van der Waals surface area contributed by atoms with Crippen LogP contribution < -0.4 is 10.2 Å². The van der Waals surface area contributed by atoms with Crippen molar-refractivity contribution in [3.05, 3.63) is 59.2 Å². The lowest BCUT2D eigenvalue weighted by Gasteiger charge is -2.29. The van der Waals surface area contributed by atoms with E-state index in [4.69, 9.17) is 9.15 Å². The number of carbonyl (C=O) groups excluding carboxylic acids is 1. The number of fused-ring (bicyclic) bond motifs is 1. The molecule has 1 aliphatic heterocycles. The van der Waals surface area contributed by atoms with Gasteiger partial charge in [0.25, 0.3) is 5.89 Å². The van der Waals surface area contributed by atoms with Crippen molar-refractivity contribution < 1.29 is 22.7 Å². The zero-order chi connectivity index (χ0) is 29.4. The second-order valence-electron chi connectivity index (χ2n) is 11.7. The highest BCUT2D eigenvalue weighted by Gasteiger charge is 2.28. The van der Waals surface area contributed by atoms with E-state index in [-0.39, 0.29) is 24.7 Å². The molecule has 0 spiro atoms. The summed E-state index contributed by atoms with van der Waals surface area (Å²) in [5.74, 6) is -1.02. The fourth-order valence-electron chi connectivity index (χ4n) is 5.14. The zero-order valence-electron chi connectivity index (χ0n) is 23.5. The van der Waals surface area contributed by atoms with Crippen LogP contribution in [0, 0.1) is 17.0 Å². The fraction of sp³-hybridized carbons (Fsp3) is 0.464. The Hall–Kier alpha value is -4.49. The van der Waals surface area contributed by atoms with Gasteiger partial charge in [0.15, 0.2) is 18.4 Å². The molecule has 1 aliphatic carbocycles. The van der Waals surface area contributed by atoms with E-state index in [1.165, 1.54) is 16.8 Å². The van der Waals surface area contributed by atoms with Gasteiger partial charge < -0.3 is 19.4 Å². The third kappa shape index (κ3) is 5.92. The van der Waals surface area contributed by atoms with Crippen molar-refractivity contribution in [3.63, 3.8) is 0 Å². The fourth-order valence-corrected chi connectivity index (χ4v) is 5.14. The number of hydrogen-bond acceptors (Lipinski definition) is 11. The number of carbonyl (C=O) groups is 1. The minimum Gasteiger partial charge on any atom is -0.442 e. The number of esters is 1. The molecule has 1 saturated heterocycles. The first-order valence-corrected chi connectivity index (χ1v) is 13.8. The van der Waals surface area contributed by atoms with E-state index in [0.717, 1.165) is 29.7 Å². The van der Waals surface area contributed by atoms with Gasteiger partial charge in [0.1, 0.15) is 0 Å². The molecule has 6 rings (SSSR count). The van der Waals surface area contributed by atoms with Gasteiger partial charge in [-0.1, -0.05) is 10.3 Å². The van der Waals surface area contributed by atoms with Gasteiger partial charge >= 0.3 is 12.0 Å². The number of hydrogen-bond donors (Lipinski definition) is 1. The summed E-state index contributed by atoms with van der Waals surface area (Å²) < 4.78 is 39.9. The molecule has 1 fully saturated rings. The van der Waals surface area contributed by atoms with Gasteiger partial charge in [-0.3, -0.25) is 4.79 Å². The summed E-state index contributed by atoms with van der Waals surface area (Å²) in [5.41, 5.74) is 2.44. The first kappa shape index (κ1) is 27.7. The van der Waals surface area contributed by atoms with Crippen molar-refractivity contribution in [1.82, 2.24) is 35.2 Å². The van der Waals surface area contributed by atoms with Crippen LogP contribution in [-0.4, -0.2) is 60.3 Å². The van der Waals surface area contributed by atoms with Crippen LogP contribution in [0.4, 0.5) is 20.7 Å². The number of rotatable bonds is 7. The summed E-state index contributed by atoms with van der Waals surface area (Å²) in [6.45, 7) is 6.85. The Kier molecular flexibility index (Phi) is 7.29. The van der Waals surface area contributed by atoms with E-state index in [1.807, 2.05) is 11.1 Å².